The van der Waals surface area contributed by atoms with E-state index in [0.29, 0.717) is 27.4 Å². The van der Waals surface area contributed by atoms with E-state index in [1.807, 2.05) is 7.05 Å². The average molecular weight is 382 g/mol. The number of benzene rings is 1. The van der Waals surface area contributed by atoms with Gasteiger partial charge in [-0.05, 0) is 19.1 Å². The molecule has 2 heterocycles. The molecule has 0 aliphatic heterocycles. The molecule has 0 amide bonds. The van der Waals surface area contributed by atoms with Crippen LogP contribution in [-0.4, -0.2) is 44.1 Å². The fourth-order valence-corrected chi connectivity index (χ4v) is 2.67. The number of hydrogen-bond acceptors (Lipinski definition) is 6. The normalized spacial score (nSPS) is 12.4. The van der Waals surface area contributed by atoms with Crippen LogP contribution in [0.25, 0.3) is 11.0 Å². The molecular formula is C16H17Cl2N5O2. The van der Waals surface area contributed by atoms with Gasteiger partial charge in [-0.2, -0.15) is 5.10 Å². The van der Waals surface area contributed by atoms with E-state index in [1.165, 1.54) is 0 Å². The quantitative estimate of drug-likeness (QED) is 0.682. The Morgan fingerprint density at radius 3 is 2.92 bits per heavy atom. The van der Waals surface area contributed by atoms with Crippen molar-refractivity contribution in [2.45, 2.75) is 13.0 Å². The minimum Gasteiger partial charge on any atom is -0.489 e. The van der Waals surface area contributed by atoms with Crippen LogP contribution in [0.3, 0.4) is 0 Å². The second-order valence-corrected chi connectivity index (χ2v) is 6.31. The standard InChI is InChI=1S/C16H17Cl2N5O2/c1-9-21-15(11-7-20-23(2)16(11)22-9)19-6-10(24)8-25-13-5-3-4-12(17)14(13)18/h3-5,7,10,24H,6,8H2,1-2H3,(H,19,21,22). The molecule has 25 heavy (non-hydrogen) atoms. The number of halogens is 2. The fraction of sp³-hybridized carbons (Fsp3) is 0.312. The van der Waals surface area contributed by atoms with Gasteiger partial charge in [0, 0.05) is 13.6 Å². The Morgan fingerprint density at radius 1 is 1.32 bits per heavy atom. The number of rotatable bonds is 6. The molecule has 0 saturated carbocycles. The van der Waals surface area contributed by atoms with Gasteiger partial charge in [0.1, 0.15) is 35.1 Å². The molecule has 0 bridgehead atoms. The molecule has 0 aliphatic carbocycles. The van der Waals surface area contributed by atoms with Crippen LogP contribution in [0.2, 0.25) is 10.0 Å². The molecule has 0 spiro atoms. The summed E-state index contributed by atoms with van der Waals surface area (Å²) in [5.41, 5.74) is 0.728. The van der Waals surface area contributed by atoms with Crippen LogP contribution in [0, 0.1) is 6.92 Å². The molecule has 0 fully saturated rings. The molecule has 1 unspecified atom stereocenters. The van der Waals surface area contributed by atoms with Crippen LogP contribution in [0.4, 0.5) is 5.82 Å². The number of aliphatic hydroxyl groups is 1. The first-order chi connectivity index (χ1) is 12.0. The zero-order valence-electron chi connectivity index (χ0n) is 13.7. The number of fused-ring (bicyclic) bond motifs is 1. The fourth-order valence-electron chi connectivity index (χ4n) is 2.32. The maximum absolute atomic E-state index is 10.2. The molecule has 1 aromatic carbocycles. The van der Waals surface area contributed by atoms with Crippen molar-refractivity contribution in [1.29, 1.82) is 0 Å². The van der Waals surface area contributed by atoms with Gasteiger partial charge >= 0.3 is 0 Å². The van der Waals surface area contributed by atoms with E-state index in [2.05, 4.69) is 20.4 Å². The van der Waals surface area contributed by atoms with E-state index >= 15 is 0 Å². The predicted octanol–water partition coefficient (Wildman–Crippen LogP) is 2.83. The first kappa shape index (κ1) is 17.7. The van der Waals surface area contributed by atoms with Crippen molar-refractivity contribution in [2.24, 2.45) is 7.05 Å². The summed E-state index contributed by atoms with van der Waals surface area (Å²) in [7, 11) is 1.82. The minimum atomic E-state index is -0.767. The number of anilines is 1. The topological polar surface area (TPSA) is 85.1 Å². The lowest BCUT2D eigenvalue weighted by atomic mass is 10.3. The SMILES string of the molecule is Cc1nc(NCC(O)COc2cccc(Cl)c2Cl)c2cnn(C)c2n1. The van der Waals surface area contributed by atoms with E-state index in [1.54, 1.807) is 36.0 Å². The van der Waals surface area contributed by atoms with E-state index < -0.39 is 6.10 Å². The van der Waals surface area contributed by atoms with Crippen molar-refractivity contribution < 1.29 is 9.84 Å². The summed E-state index contributed by atoms with van der Waals surface area (Å²) in [5.74, 6) is 1.67. The molecule has 3 aromatic rings. The van der Waals surface area contributed by atoms with Crippen LogP contribution < -0.4 is 10.1 Å². The number of nitrogens with zero attached hydrogens (tertiary/aromatic N) is 4. The van der Waals surface area contributed by atoms with Crippen molar-refractivity contribution in [3.8, 4) is 5.75 Å². The first-order valence-corrected chi connectivity index (χ1v) is 8.36. The molecule has 132 valence electrons. The van der Waals surface area contributed by atoms with E-state index in [4.69, 9.17) is 27.9 Å². The Bertz CT molecular complexity index is 900. The maximum atomic E-state index is 10.2. The van der Waals surface area contributed by atoms with Gasteiger partial charge in [-0.3, -0.25) is 4.68 Å². The van der Waals surface area contributed by atoms with Gasteiger partial charge in [-0.1, -0.05) is 29.3 Å². The highest BCUT2D eigenvalue weighted by molar-refractivity contribution is 6.42. The Kier molecular flexibility index (Phi) is 5.27. The number of aliphatic hydroxyl groups excluding tert-OH is 1. The van der Waals surface area contributed by atoms with Crippen LogP contribution in [-0.2, 0) is 7.05 Å². The number of ether oxygens (including phenoxy) is 1. The van der Waals surface area contributed by atoms with E-state index in [0.717, 1.165) is 11.0 Å². The van der Waals surface area contributed by atoms with E-state index in [-0.39, 0.29) is 13.2 Å². The molecule has 7 nitrogen and oxygen atoms in total. The lowest BCUT2D eigenvalue weighted by molar-refractivity contribution is 0.117. The Morgan fingerprint density at radius 2 is 2.12 bits per heavy atom. The van der Waals surface area contributed by atoms with Crippen LogP contribution in [0.15, 0.2) is 24.4 Å². The van der Waals surface area contributed by atoms with Crippen molar-refractivity contribution >= 4 is 40.1 Å². The summed E-state index contributed by atoms with van der Waals surface area (Å²) < 4.78 is 7.20. The Balaban J connectivity index is 1.63. The summed E-state index contributed by atoms with van der Waals surface area (Å²) in [4.78, 5) is 8.72. The number of hydrogen-bond donors (Lipinski definition) is 2. The van der Waals surface area contributed by atoms with Gasteiger partial charge < -0.3 is 15.2 Å². The molecule has 0 aliphatic rings. The third-order valence-electron chi connectivity index (χ3n) is 3.56. The highest BCUT2D eigenvalue weighted by Gasteiger charge is 2.13. The van der Waals surface area contributed by atoms with Gasteiger partial charge in [-0.15, -0.1) is 0 Å². The number of aryl methyl sites for hydroxylation is 2. The molecule has 1 atom stereocenters. The van der Waals surface area contributed by atoms with Gasteiger partial charge in [0.25, 0.3) is 0 Å². The van der Waals surface area contributed by atoms with Gasteiger partial charge in [-0.25, -0.2) is 9.97 Å². The molecule has 3 rings (SSSR count). The molecule has 9 heteroatoms. The average Bonchev–Trinajstić information content (AvgIpc) is 2.95. The Hall–Kier alpha value is -2.09. The Labute approximate surface area is 154 Å². The second-order valence-electron chi connectivity index (χ2n) is 5.52. The monoisotopic (exact) mass is 381 g/mol. The van der Waals surface area contributed by atoms with Gasteiger partial charge in [0.05, 0.1) is 16.6 Å². The van der Waals surface area contributed by atoms with E-state index in [9.17, 15) is 5.11 Å². The zero-order chi connectivity index (χ0) is 18.0. The summed E-state index contributed by atoms with van der Waals surface area (Å²) in [5, 5.41) is 19.0. The largest absolute Gasteiger partial charge is 0.489 e. The van der Waals surface area contributed by atoms with Crippen molar-refractivity contribution in [3.05, 3.63) is 40.3 Å². The second kappa shape index (κ2) is 7.43. The minimum absolute atomic E-state index is 0.0628. The molecule has 0 radical (unpaired) electrons. The highest BCUT2D eigenvalue weighted by Crippen LogP contribution is 2.31. The third-order valence-corrected chi connectivity index (χ3v) is 4.36. The molecular weight excluding hydrogens is 365 g/mol. The molecule has 0 saturated heterocycles. The van der Waals surface area contributed by atoms with Gasteiger partial charge in [0.2, 0.25) is 0 Å². The lowest BCUT2D eigenvalue weighted by Crippen LogP contribution is -2.26. The van der Waals surface area contributed by atoms with Crippen molar-refractivity contribution in [1.82, 2.24) is 19.7 Å². The summed E-state index contributed by atoms with van der Waals surface area (Å²) in [6, 6.07) is 5.10. The lowest BCUT2D eigenvalue weighted by Gasteiger charge is -2.15. The summed E-state index contributed by atoms with van der Waals surface area (Å²) in [6.07, 6.45) is 0.920. The highest BCUT2D eigenvalue weighted by atomic mass is 35.5. The molecule has 2 N–H and O–H groups in total. The third kappa shape index (κ3) is 3.95. The van der Waals surface area contributed by atoms with Crippen molar-refractivity contribution in [3.63, 3.8) is 0 Å². The number of nitrogens with one attached hydrogen (secondary N) is 1. The van der Waals surface area contributed by atoms with Crippen LogP contribution in [0.1, 0.15) is 5.82 Å². The van der Waals surface area contributed by atoms with Crippen LogP contribution in [0.5, 0.6) is 5.75 Å². The summed E-state index contributed by atoms with van der Waals surface area (Å²) in [6.45, 7) is 2.12. The first-order valence-electron chi connectivity index (χ1n) is 7.61. The number of aromatic nitrogens is 4. The van der Waals surface area contributed by atoms with Crippen LogP contribution >= 0.6 is 23.2 Å². The maximum Gasteiger partial charge on any atom is 0.163 e. The van der Waals surface area contributed by atoms with Crippen molar-refractivity contribution in [2.75, 3.05) is 18.5 Å². The smallest absolute Gasteiger partial charge is 0.163 e. The summed E-state index contributed by atoms with van der Waals surface area (Å²) >= 11 is 12.0. The molecule has 2 aromatic heterocycles. The zero-order valence-corrected chi connectivity index (χ0v) is 15.2. The van der Waals surface area contributed by atoms with Gasteiger partial charge in [0.15, 0.2) is 5.65 Å². The predicted molar refractivity (Wildman–Crippen MR) is 97.5 cm³/mol.